The first-order valence-corrected chi connectivity index (χ1v) is 9.96. The number of carbonyl (C=O) groups excluding carboxylic acids is 1. The molecule has 1 aliphatic rings. The molecule has 0 radical (unpaired) electrons. The van der Waals surface area contributed by atoms with Crippen molar-refractivity contribution in [1.29, 1.82) is 5.26 Å². The number of halogens is 5. The van der Waals surface area contributed by atoms with Crippen molar-refractivity contribution in [3.63, 3.8) is 0 Å². The van der Waals surface area contributed by atoms with Crippen LogP contribution >= 0.6 is 15.9 Å². The SMILES string of the molecule is N#Cc1cc(-n2nc(C(F)(F)F)c3c2C(=O)N(c2ccc(Br)cc2)CCC3)ccc1F. The summed E-state index contributed by atoms with van der Waals surface area (Å²) in [6.07, 6.45) is -4.48. The highest BCUT2D eigenvalue weighted by molar-refractivity contribution is 9.10. The molecule has 0 saturated carbocycles. The molecule has 4 rings (SSSR count). The number of nitriles is 1. The Hall–Kier alpha value is -3.19. The molecule has 0 N–H and O–H groups in total. The fourth-order valence-electron chi connectivity index (χ4n) is 3.56. The van der Waals surface area contributed by atoms with Crippen LogP contribution in [-0.2, 0) is 12.6 Å². The summed E-state index contributed by atoms with van der Waals surface area (Å²) in [4.78, 5) is 14.8. The Balaban J connectivity index is 1.93. The standard InChI is InChI=1S/C21H13BrF4N4O/c22-13-3-5-14(6-4-13)29-9-1-2-16-18(20(29)31)30(28-19(16)21(24,25)26)15-7-8-17(23)12(10-15)11-27/h3-8,10H,1-2,9H2. The van der Waals surface area contributed by atoms with Gasteiger partial charge in [-0.15, -0.1) is 0 Å². The molecule has 0 atom stereocenters. The van der Waals surface area contributed by atoms with Crippen LogP contribution in [0.15, 0.2) is 46.9 Å². The van der Waals surface area contributed by atoms with Gasteiger partial charge in [0, 0.05) is 22.3 Å². The second-order valence-electron chi connectivity index (χ2n) is 6.90. The van der Waals surface area contributed by atoms with E-state index < -0.39 is 23.6 Å². The topological polar surface area (TPSA) is 61.9 Å². The average Bonchev–Trinajstić information content (AvgIpc) is 3.04. The van der Waals surface area contributed by atoms with Crippen molar-refractivity contribution in [2.75, 3.05) is 11.4 Å². The van der Waals surface area contributed by atoms with Crippen LogP contribution < -0.4 is 4.90 Å². The smallest absolute Gasteiger partial charge is 0.307 e. The van der Waals surface area contributed by atoms with Gasteiger partial charge >= 0.3 is 6.18 Å². The minimum atomic E-state index is -4.78. The molecule has 1 aromatic heterocycles. The predicted octanol–water partition coefficient (Wildman–Crippen LogP) is 5.26. The Morgan fingerprint density at radius 1 is 1.10 bits per heavy atom. The van der Waals surface area contributed by atoms with E-state index in [1.54, 1.807) is 30.3 Å². The third kappa shape index (κ3) is 3.81. The van der Waals surface area contributed by atoms with Gasteiger partial charge < -0.3 is 4.90 Å². The van der Waals surface area contributed by atoms with Crippen molar-refractivity contribution in [2.24, 2.45) is 0 Å². The Labute approximate surface area is 182 Å². The zero-order chi connectivity index (χ0) is 22.3. The zero-order valence-corrected chi connectivity index (χ0v) is 17.3. The maximum atomic E-state index is 13.8. The number of anilines is 1. The lowest BCUT2D eigenvalue weighted by Gasteiger charge is -2.21. The van der Waals surface area contributed by atoms with Crippen LogP contribution in [0.3, 0.4) is 0 Å². The van der Waals surface area contributed by atoms with Crippen LogP contribution in [-0.4, -0.2) is 22.2 Å². The number of nitrogens with zero attached hydrogens (tertiary/aromatic N) is 4. The zero-order valence-electron chi connectivity index (χ0n) is 15.7. The molecule has 31 heavy (non-hydrogen) atoms. The quantitative estimate of drug-likeness (QED) is 0.458. The van der Waals surface area contributed by atoms with E-state index >= 15 is 0 Å². The van der Waals surface area contributed by atoms with Crippen molar-refractivity contribution >= 4 is 27.5 Å². The second kappa shape index (κ2) is 7.81. The number of aromatic nitrogens is 2. The molecule has 2 aromatic carbocycles. The van der Waals surface area contributed by atoms with Gasteiger partial charge in [-0.2, -0.15) is 23.5 Å². The van der Waals surface area contributed by atoms with Crippen molar-refractivity contribution in [2.45, 2.75) is 19.0 Å². The molecule has 10 heteroatoms. The summed E-state index contributed by atoms with van der Waals surface area (Å²) >= 11 is 3.31. The van der Waals surface area contributed by atoms with Crippen LogP contribution in [0.5, 0.6) is 0 Å². The van der Waals surface area contributed by atoms with Gasteiger partial charge in [0.15, 0.2) is 5.69 Å². The summed E-state index contributed by atoms with van der Waals surface area (Å²) < 4.78 is 56.6. The third-order valence-corrected chi connectivity index (χ3v) is 5.49. The number of fused-ring (bicyclic) bond motifs is 1. The van der Waals surface area contributed by atoms with Gasteiger partial charge in [-0.1, -0.05) is 15.9 Å². The highest BCUT2D eigenvalue weighted by Crippen LogP contribution is 2.37. The van der Waals surface area contributed by atoms with Gasteiger partial charge in [0.25, 0.3) is 5.91 Å². The van der Waals surface area contributed by atoms with Gasteiger partial charge in [-0.05, 0) is 55.3 Å². The molecule has 5 nitrogen and oxygen atoms in total. The third-order valence-electron chi connectivity index (χ3n) is 4.96. The van der Waals surface area contributed by atoms with Crippen LogP contribution in [0.2, 0.25) is 0 Å². The van der Waals surface area contributed by atoms with E-state index in [1.807, 2.05) is 0 Å². The lowest BCUT2D eigenvalue weighted by Crippen LogP contribution is -2.32. The molecule has 2 heterocycles. The summed E-state index contributed by atoms with van der Waals surface area (Å²) in [6, 6.07) is 11.7. The first-order valence-electron chi connectivity index (χ1n) is 9.17. The number of rotatable bonds is 2. The van der Waals surface area contributed by atoms with E-state index in [0.717, 1.165) is 21.3 Å². The molecule has 0 unspecified atom stereocenters. The molecule has 0 aliphatic carbocycles. The van der Waals surface area contributed by atoms with Crippen molar-refractivity contribution in [3.8, 4) is 11.8 Å². The lowest BCUT2D eigenvalue weighted by atomic mass is 10.1. The predicted molar refractivity (Wildman–Crippen MR) is 107 cm³/mol. The van der Waals surface area contributed by atoms with E-state index in [4.69, 9.17) is 5.26 Å². The van der Waals surface area contributed by atoms with Crippen LogP contribution in [0.1, 0.15) is 33.7 Å². The Bertz CT molecular complexity index is 1210. The number of amides is 1. The summed E-state index contributed by atoms with van der Waals surface area (Å²) in [7, 11) is 0. The monoisotopic (exact) mass is 492 g/mol. The van der Waals surface area contributed by atoms with Gasteiger partial charge in [0.05, 0.1) is 11.3 Å². The van der Waals surface area contributed by atoms with Crippen LogP contribution in [0, 0.1) is 17.1 Å². The van der Waals surface area contributed by atoms with Crippen LogP contribution in [0.25, 0.3) is 5.69 Å². The van der Waals surface area contributed by atoms with Crippen LogP contribution in [0.4, 0.5) is 23.2 Å². The molecular weight excluding hydrogens is 480 g/mol. The number of hydrogen-bond acceptors (Lipinski definition) is 3. The Morgan fingerprint density at radius 2 is 1.77 bits per heavy atom. The van der Waals surface area contributed by atoms with E-state index in [2.05, 4.69) is 21.0 Å². The molecular formula is C21H13BrF4N4O. The normalized spacial score (nSPS) is 14.2. The lowest BCUT2D eigenvalue weighted by molar-refractivity contribution is -0.141. The maximum absolute atomic E-state index is 13.8. The van der Waals surface area contributed by atoms with E-state index in [0.29, 0.717) is 12.1 Å². The first-order chi connectivity index (χ1) is 14.7. The molecule has 3 aromatic rings. The minimum absolute atomic E-state index is 0.00398. The van der Waals surface area contributed by atoms with Crippen molar-refractivity contribution in [1.82, 2.24) is 9.78 Å². The first kappa shape index (κ1) is 21.1. The fraction of sp³-hybridized carbons (Fsp3) is 0.190. The Kier molecular flexibility index (Phi) is 5.31. The molecule has 1 aliphatic heterocycles. The van der Waals surface area contributed by atoms with E-state index in [1.165, 1.54) is 11.0 Å². The molecule has 0 bridgehead atoms. The number of hydrogen-bond donors (Lipinski definition) is 0. The van der Waals surface area contributed by atoms with E-state index in [-0.39, 0.29) is 35.5 Å². The Morgan fingerprint density at radius 3 is 2.42 bits per heavy atom. The number of alkyl halides is 3. The largest absolute Gasteiger partial charge is 0.435 e. The van der Waals surface area contributed by atoms with E-state index in [9.17, 15) is 22.4 Å². The summed E-state index contributed by atoms with van der Waals surface area (Å²) in [6.45, 7) is 0.222. The van der Waals surface area contributed by atoms with Gasteiger partial charge in [-0.3, -0.25) is 4.79 Å². The fourth-order valence-corrected chi connectivity index (χ4v) is 3.83. The van der Waals surface area contributed by atoms with Gasteiger partial charge in [0.1, 0.15) is 17.6 Å². The summed E-state index contributed by atoms with van der Waals surface area (Å²) in [5.74, 6) is -1.47. The second-order valence-corrected chi connectivity index (χ2v) is 7.81. The van der Waals surface area contributed by atoms with Crippen molar-refractivity contribution < 1.29 is 22.4 Å². The molecule has 0 fully saturated rings. The minimum Gasteiger partial charge on any atom is -0.307 e. The van der Waals surface area contributed by atoms with Gasteiger partial charge in [-0.25, -0.2) is 9.07 Å². The van der Waals surface area contributed by atoms with Gasteiger partial charge in [0.2, 0.25) is 0 Å². The molecule has 0 saturated heterocycles. The highest BCUT2D eigenvalue weighted by atomic mass is 79.9. The molecule has 0 spiro atoms. The maximum Gasteiger partial charge on any atom is 0.435 e. The molecule has 1 amide bonds. The number of carbonyl (C=O) groups is 1. The summed E-state index contributed by atoms with van der Waals surface area (Å²) in [5, 5.41) is 12.8. The number of benzene rings is 2. The molecule has 158 valence electrons. The highest BCUT2D eigenvalue weighted by Gasteiger charge is 2.42. The average molecular weight is 493 g/mol. The van der Waals surface area contributed by atoms with Crippen molar-refractivity contribution in [3.05, 3.63) is 75.3 Å². The summed E-state index contributed by atoms with van der Waals surface area (Å²) in [5.41, 5.74) is -1.45.